The summed E-state index contributed by atoms with van der Waals surface area (Å²) < 4.78 is 11.8. The molecule has 0 saturated heterocycles. The first kappa shape index (κ1) is 14.9. The lowest BCUT2D eigenvalue weighted by atomic mass is 10.0. The van der Waals surface area contributed by atoms with Gasteiger partial charge in [0.1, 0.15) is 12.4 Å². The van der Waals surface area contributed by atoms with Gasteiger partial charge in [0.15, 0.2) is 0 Å². The quantitative estimate of drug-likeness (QED) is 0.460. The van der Waals surface area contributed by atoms with Crippen molar-refractivity contribution in [3.63, 3.8) is 0 Å². The second-order valence-electron chi connectivity index (χ2n) is 5.59. The number of fused-ring (bicyclic) bond motifs is 2. The Bertz CT molecular complexity index is 710. The lowest BCUT2D eigenvalue weighted by molar-refractivity contribution is 0.0432. The first-order valence-corrected chi connectivity index (χ1v) is 7.94. The third-order valence-corrected chi connectivity index (χ3v) is 4.03. The fourth-order valence-electron chi connectivity index (χ4n) is 2.64. The van der Waals surface area contributed by atoms with Gasteiger partial charge < -0.3 is 9.47 Å². The molecule has 1 unspecified atom stereocenters. The highest BCUT2D eigenvalue weighted by Crippen LogP contribution is 2.34. The number of benzene rings is 3. The normalized spacial score (nSPS) is 12.6. The van der Waals surface area contributed by atoms with Gasteiger partial charge in [-0.3, -0.25) is 0 Å². The van der Waals surface area contributed by atoms with Crippen molar-refractivity contribution in [1.82, 2.24) is 0 Å². The van der Waals surface area contributed by atoms with Gasteiger partial charge in [-0.05, 0) is 30.2 Å². The molecule has 1 atom stereocenters. The predicted octanol–water partition coefficient (Wildman–Crippen LogP) is 5.19. The summed E-state index contributed by atoms with van der Waals surface area (Å²) in [5.41, 5.74) is 0. The van der Waals surface area contributed by atoms with Gasteiger partial charge in [0, 0.05) is 10.8 Å². The Balaban J connectivity index is 1.91. The lowest BCUT2D eigenvalue weighted by Crippen LogP contribution is -2.13. The molecule has 0 radical (unpaired) electrons. The van der Waals surface area contributed by atoms with E-state index in [0.29, 0.717) is 13.2 Å². The number of ether oxygens (including phenoxy) is 2. The van der Waals surface area contributed by atoms with Crippen molar-refractivity contribution in [2.24, 2.45) is 0 Å². The summed E-state index contributed by atoms with van der Waals surface area (Å²) in [6, 6.07) is 18.9. The van der Waals surface area contributed by atoms with Crippen LogP contribution in [0.15, 0.2) is 54.6 Å². The summed E-state index contributed by atoms with van der Waals surface area (Å²) in [6.45, 7) is 5.41. The zero-order valence-corrected chi connectivity index (χ0v) is 13.2. The topological polar surface area (TPSA) is 18.5 Å². The Morgan fingerprint density at radius 3 is 2.05 bits per heavy atom. The Kier molecular flexibility index (Phi) is 4.59. The van der Waals surface area contributed by atoms with Gasteiger partial charge in [0.25, 0.3) is 0 Å². The molecule has 0 fully saturated rings. The average molecular weight is 294 g/mol. The van der Waals surface area contributed by atoms with E-state index in [2.05, 4.69) is 68.4 Å². The highest BCUT2D eigenvalue weighted by molar-refractivity contribution is 6.05. The molecule has 0 spiro atoms. The van der Waals surface area contributed by atoms with Gasteiger partial charge in [-0.2, -0.15) is 0 Å². The van der Waals surface area contributed by atoms with Crippen molar-refractivity contribution in [3.8, 4) is 5.75 Å². The van der Waals surface area contributed by atoms with Crippen molar-refractivity contribution in [2.45, 2.75) is 26.4 Å². The van der Waals surface area contributed by atoms with Gasteiger partial charge in [0.05, 0.1) is 12.7 Å². The largest absolute Gasteiger partial charge is 0.490 e. The van der Waals surface area contributed by atoms with Gasteiger partial charge in [-0.25, -0.2) is 0 Å². The molecule has 0 aliphatic rings. The Morgan fingerprint density at radius 1 is 0.864 bits per heavy atom. The molecule has 2 heteroatoms. The zero-order valence-electron chi connectivity index (χ0n) is 13.2. The molecular weight excluding hydrogens is 272 g/mol. The SMILES string of the molecule is CCC(C)OCCOc1c2ccccc2cc2ccccc12. The summed E-state index contributed by atoms with van der Waals surface area (Å²) in [5.74, 6) is 0.960. The maximum atomic E-state index is 6.10. The average Bonchev–Trinajstić information content (AvgIpc) is 2.57. The van der Waals surface area contributed by atoms with Crippen molar-refractivity contribution in [2.75, 3.05) is 13.2 Å². The summed E-state index contributed by atoms with van der Waals surface area (Å²) in [5, 5.41) is 4.73. The monoisotopic (exact) mass is 294 g/mol. The van der Waals surface area contributed by atoms with Gasteiger partial charge in [-0.1, -0.05) is 55.5 Å². The van der Waals surface area contributed by atoms with Crippen molar-refractivity contribution >= 4 is 21.5 Å². The van der Waals surface area contributed by atoms with Crippen LogP contribution in [-0.2, 0) is 4.74 Å². The Hall–Kier alpha value is -2.06. The van der Waals surface area contributed by atoms with Crippen molar-refractivity contribution in [3.05, 3.63) is 54.6 Å². The van der Waals surface area contributed by atoms with Crippen LogP contribution in [0.4, 0.5) is 0 Å². The number of hydrogen-bond acceptors (Lipinski definition) is 2. The van der Waals surface area contributed by atoms with Crippen molar-refractivity contribution in [1.29, 1.82) is 0 Å². The zero-order chi connectivity index (χ0) is 15.4. The molecule has 114 valence electrons. The molecule has 0 amide bonds. The van der Waals surface area contributed by atoms with Gasteiger partial charge in [-0.15, -0.1) is 0 Å². The highest BCUT2D eigenvalue weighted by atomic mass is 16.5. The van der Waals surface area contributed by atoms with Crippen LogP contribution in [0.3, 0.4) is 0 Å². The lowest BCUT2D eigenvalue weighted by Gasteiger charge is -2.15. The molecule has 0 aliphatic heterocycles. The molecule has 3 rings (SSSR count). The molecule has 3 aromatic carbocycles. The van der Waals surface area contributed by atoms with Crippen molar-refractivity contribution < 1.29 is 9.47 Å². The molecule has 2 nitrogen and oxygen atoms in total. The smallest absolute Gasteiger partial charge is 0.135 e. The molecule has 0 N–H and O–H groups in total. The van der Waals surface area contributed by atoms with Crippen LogP contribution in [0, 0.1) is 0 Å². The summed E-state index contributed by atoms with van der Waals surface area (Å²) in [6.07, 6.45) is 1.31. The standard InChI is InChI=1S/C20H22O2/c1-3-15(2)21-12-13-22-20-18-10-6-4-8-16(18)14-17-9-5-7-11-19(17)20/h4-11,14-15H,3,12-13H2,1-2H3. The maximum Gasteiger partial charge on any atom is 0.135 e. The van der Waals surface area contributed by atoms with E-state index in [4.69, 9.17) is 9.47 Å². The molecule has 0 aliphatic carbocycles. The first-order chi connectivity index (χ1) is 10.8. The highest BCUT2D eigenvalue weighted by Gasteiger charge is 2.08. The van der Waals surface area contributed by atoms with Crippen LogP contribution in [0.5, 0.6) is 5.75 Å². The minimum atomic E-state index is 0.285. The van der Waals surface area contributed by atoms with E-state index in [1.165, 1.54) is 10.8 Å². The van der Waals surface area contributed by atoms with Crippen LogP contribution in [-0.4, -0.2) is 19.3 Å². The summed E-state index contributed by atoms with van der Waals surface area (Å²) in [7, 11) is 0. The maximum absolute atomic E-state index is 6.10. The number of rotatable bonds is 6. The van der Waals surface area contributed by atoms with E-state index >= 15 is 0 Å². The molecule has 0 saturated carbocycles. The van der Waals surface area contributed by atoms with Crippen LogP contribution < -0.4 is 4.74 Å². The number of hydrogen-bond donors (Lipinski definition) is 0. The van der Waals surface area contributed by atoms with Gasteiger partial charge >= 0.3 is 0 Å². The van der Waals surface area contributed by atoms with Crippen LogP contribution in [0.25, 0.3) is 21.5 Å². The second kappa shape index (κ2) is 6.80. The van der Waals surface area contributed by atoms with E-state index in [-0.39, 0.29) is 6.10 Å². The molecule has 0 bridgehead atoms. The van der Waals surface area contributed by atoms with E-state index in [0.717, 1.165) is 22.9 Å². The van der Waals surface area contributed by atoms with E-state index in [1.54, 1.807) is 0 Å². The molecule has 0 aromatic heterocycles. The minimum absolute atomic E-state index is 0.285. The Morgan fingerprint density at radius 2 is 1.45 bits per heavy atom. The molecular formula is C20H22O2. The van der Waals surface area contributed by atoms with E-state index < -0.39 is 0 Å². The van der Waals surface area contributed by atoms with Crippen LogP contribution in [0.1, 0.15) is 20.3 Å². The predicted molar refractivity (Wildman–Crippen MR) is 92.7 cm³/mol. The molecule has 0 heterocycles. The third kappa shape index (κ3) is 3.07. The fourth-order valence-corrected chi connectivity index (χ4v) is 2.64. The second-order valence-corrected chi connectivity index (χ2v) is 5.59. The third-order valence-electron chi connectivity index (χ3n) is 4.03. The van der Waals surface area contributed by atoms with Crippen LogP contribution >= 0.6 is 0 Å². The fraction of sp³-hybridized carbons (Fsp3) is 0.300. The van der Waals surface area contributed by atoms with Crippen LogP contribution in [0.2, 0.25) is 0 Å². The molecule has 3 aromatic rings. The minimum Gasteiger partial charge on any atom is -0.490 e. The Labute approximate surface area is 131 Å². The van der Waals surface area contributed by atoms with Gasteiger partial charge in [0.2, 0.25) is 0 Å². The van der Waals surface area contributed by atoms with E-state index in [9.17, 15) is 0 Å². The van der Waals surface area contributed by atoms with E-state index in [1.807, 2.05) is 0 Å². The molecule has 22 heavy (non-hydrogen) atoms. The summed E-state index contributed by atoms with van der Waals surface area (Å²) in [4.78, 5) is 0. The first-order valence-electron chi connectivity index (χ1n) is 7.94. The summed E-state index contributed by atoms with van der Waals surface area (Å²) >= 11 is 0.